The smallest absolute Gasteiger partial charge is 0.347 e. The van der Waals surface area contributed by atoms with Crippen LogP contribution in [0.25, 0.3) is 10.8 Å². The van der Waals surface area contributed by atoms with Crippen LogP contribution in [0.4, 0.5) is 5.69 Å². The minimum Gasteiger partial charge on any atom is -0.462 e. The maximum absolute atomic E-state index is 11.9. The monoisotopic (exact) mass is 313 g/mol. The summed E-state index contributed by atoms with van der Waals surface area (Å²) in [5, 5.41) is 5.12. The van der Waals surface area contributed by atoms with E-state index in [2.05, 4.69) is 5.32 Å². The molecule has 1 N–H and O–H groups in total. The number of esters is 2. The molecule has 0 heterocycles. The number of fused-ring (bicyclic) bond motifs is 1. The molecule has 0 aliphatic carbocycles. The zero-order chi connectivity index (χ0) is 16.7. The van der Waals surface area contributed by atoms with Crippen molar-refractivity contribution in [2.24, 2.45) is 0 Å². The van der Waals surface area contributed by atoms with Gasteiger partial charge in [-0.3, -0.25) is 0 Å². The van der Waals surface area contributed by atoms with Crippen LogP contribution in [0.2, 0.25) is 0 Å². The van der Waals surface area contributed by atoms with E-state index in [0.717, 1.165) is 16.5 Å². The predicted molar refractivity (Wildman–Crippen MR) is 88.9 cm³/mol. The van der Waals surface area contributed by atoms with Crippen molar-refractivity contribution >= 4 is 28.4 Å². The third-order valence-corrected chi connectivity index (χ3v) is 3.12. The van der Waals surface area contributed by atoms with Gasteiger partial charge in [0.15, 0.2) is 5.57 Å². The Hall–Kier alpha value is -2.82. The van der Waals surface area contributed by atoms with Gasteiger partial charge in [-0.05, 0) is 36.8 Å². The predicted octanol–water partition coefficient (Wildman–Crippen LogP) is 3.26. The van der Waals surface area contributed by atoms with Gasteiger partial charge in [0.2, 0.25) is 0 Å². The average molecular weight is 313 g/mol. The first kappa shape index (κ1) is 16.5. The molecule has 2 rings (SSSR count). The first-order chi connectivity index (χ1) is 11.2. The SMILES string of the molecule is CCOC(=O)C(=CNc1ccc2ccccc2c1)C(=O)OCC. The van der Waals surface area contributed by atoms with E-state index < -0.39 is 11.9 Å². The van der Waals surface area contributed by atoms with Crippen LogP contribution in [0, 0.1) is 0 Å². The zero-order valence-electron chi connectivity index (χ0n) is 13.2. The van der Waals surface area contributed by atoms with Crippen molar-refractivity contribution in [1.29, 1.82) is 0 Å². The average Bonchev–Trinajstić information content (AvgIpc) is 2.55. The number of carbonyl (C=O) groups excluding carboxylic acids is 2. The van der Waals surface area contributed by atoms with E-state index in [9.17, 15) is 9.59 Å². The van der Waals surface area contributed by atoms with Gasteiger partial charge in [-0.2, -0.15) is 0 Å². The van der Waals surface area contributed by atoms with E-state index in [1.54, 1.807) is 13.8 Å². The molecular weight excluding hydrogens is 294 g/mol. The summed E-state index contributed by atoms with van der Waals surface area (Å²) in [5.74, 6) is -1.42. The number of ether oxygens (including phenoxy) is 2. The number of benzene rings is 2. The minimum atomic E-state index is -0.709. The molecule has 2 aromatic rings. The Morgan fingerprint density at radius 3 is 2.17 bits per heavy atom. The lowest BCUT2D eigenvalue weighted by Gasteiger charge is -2.08. The normalized spacial score (nSPS) is 10.0. The Balaban J connectivity index is 2.23. The number of carbonyl (C=O) groups is 2. The van der Waals surface area contributed by atoms with Crippen molar-refractivity contribution in [3.63, 3.8) is 0 Å². The summed E-state index contributed by atoms with van der Waals surface area (Å²) in [4.78, 5) is 23.7. The van der Waals surface area contributed by atoms with Crippen LogP contribution >= 0.6 is 0 Å². The highest BCUT2D eigenvalue weighted by Gasteiger charge is 2.20. The molecule has 120 valence electrons. The van der Waals surface area contributed by atoms with Gasteiger partial charge in [0.1, 0.15) is 0 Å². The molecule has 0 saturated carbocycles. The standard InChI is InChI=1S/C18H19NO4/c1-3-22-17(20)16(18(21)23-4-2)12-19-15-10-9-13-7-5-6-8-14(13)11-15/h5-12,19H,3-4H2,1-2H3. The number of nitrogens with one attached hydrogen (secondary N) is 1. The molecule has 0 saturated heterocycles. The molecule has 23 heavy (non-hydrogen) atoms. The zero-order valence-corrected chi connectivity index (χ0v) is 13.2. The summed E-state index contributed by atoms with van der Waals surface area (Å²) in [5.41, 5.74) is 0.594. The second-order valence-electron chi connectivity index (χ2n) is 4.71. The van der Waals surface area contributed by atoms with Crippen molar-refractivity contribution < 1.29 is 19.1 Å². The molecule has 0 amide bonds. The second-order valence-corrected chi connectivity index (χ2v) is 4.71. The van der Waals surface area contributed by atoms with Crippen molar-refractivity contribution in [3.8, 4) is 0 Å². The molecule has 0 radical (unpaired) electrons. The van der Waals surface area contributed by atoms with Crippen molar-refractivity contribution in [3.05, 3.63) is 54.2 Å². The summed E-state index contributed by atoms with van der Waals surface area (Å²) in [7, 11) is 0. The lowest BCUT2D eigenvalue weighted by atomic mass is 10.1. The van der Waals surface area contributed by atoms with Crippen LogP contribution in [-0.2, 0) is 19.1 Å². The van der Waals surface area contributed by atoms with Gasteiger partial charge < -0.3 is 14.8 Å². The fourth-order valence-corrected chi connectivity index (χ4v) is 2.05. The summed E-state index contributed by atoms with van der Waals surface area (Å²) >= 11 is 0. The summed E-state index contributed by atoms with van der Waals surface area (Å²) in [6.45, 7) is 3.73. The maximum atomic E-state index is 11.9. The molecule has 0 atom stereocenters. The fourth-order valence-electron chi connectivity index (χ4n) is 2.05. The molecule has 2 aromatic carbocycles. The van der Waals surface area contributed by atoms with Crippen LogP contribution in [0.15, 0.2) is 54.2 Å². The third kappa shape index (κ3) is 4.32. The Morgan fingerprint density at radius 1 is 0.957 bits per heavy atom. The molecule has 5 nitrogen and oxygen atoms in total. The van der Waals surface area contributed by atoms with Crippen LogP contribution in [0.3, 0.4) is 0 Å². The molecule has 0 bridgehead atoms. The van der Waals surface area contributed by atoms with Crippen molar-refractivity contribution in [2.75, 3.05) is 18.5 Å². The number of hydrogen-bond acceptors (Lipinski definition) is 5. The molecule has 0 spiro atoms. The molecule has 5 heteroatoms. The molecule has 0 fully saturated rings. The lowest BCUT2D eigenvalue weighted by molar-refractivity contribution is -0.146. The Bertz CT molecular complexity index is 717. The van der Waals surface area contributed by atoms with Crippen molar-refractivity contribution in [1.82, 2.24) is 0 Å². The van der Waals surface area contributed by atoms with Gasteiger partial charge in [-0.15, -0.1) is 0 Å². The first-order valence-corrected chi connectivity index (χ1v) is 7.45. The Kier molecular flexibility index (Phi) is 5.74. The van der Waals surface area contributed by atoms with E-state index in [-0.39, 0.29) is 18.8 Å². The first-order valence-electron chi connectivity index (χ1n) is 7.45. The topological polar surface area (TPSA) is 64.6 Å². The highest BCUT2D eigenvalue weighted by Crippen LogP contribution is 2.19. The minimum absolute atomic E-state index is 0.165. The largest absolute Gasteiger partial charge is 0.462 e. The van der Waals surface area contributed by atoms with Crippen LogP contribution in [0.1, 0.15) is 13.8 Å². The second kappa shape index (κ2) is 7.98. The lowest BCUT2D eigenvalue weighted by Crippen LogP contribution is -2.19. The van der Waals surface area contributed by atoms with Crippen LogP contribution < -0.4 is 5.32 Å². The van der Waals surface area contributed by atoms with Gasteiger partial charge in [-0.25, -0.2) is 9.59 Å². The van der Waals surface area contributed by atoms with Crippen LogP contribution in [-0.4, -0.2) is 25.2 Å². The van der Waals surface area contributed by atoms with E-state index in [0.29, 0.717) is 0 Å². The fraction of sp³-hybridized carbons (Fsp3) is 0.222. The number of anilines is 1. The maximum Gasteiger partial charge on any atom is 0.347 e. The van der Waals surface area contributed by atoms with E-state index in [1.807, 2.05) is 42.5 Å². The quantitative estimate of drug-likeness (QED) is 0.384. The van der Waals surface area contributed by atoms with Gasteiger partial charge >= 0.3 is 11.9 Å². The third-order valence-electron chi connectivity index (χ3n) is 3.12. The summed E-state index contributed by atoms with van der Waals surface area (Å²) in [6, 6.07) is 13.7. The highest BCUT2D eigenvalue weighted by molar-refractivity contribution is 6.14. The van der Waals surface area contributed by atoms with E-state index in [4.69, 9.17) is 9.47 Å². The van der Waals surface area contributed by atoms with Gasteiger partial charge in [-0.1, -0.05) is 30.3 Å². The van der Waals surface area contributed by atoms with Gasteiger partial charge in [0.25, 0.3) is 0 Å². The van der Waals surface area contributed by atoms with Gasteiger partial charge in [0.05, 0.1) is 13.2 Å². The Labute approximate surface area is 134 Å². The summed E-state index contributed by atoms with van der Waals surface area (Å²) < 4.78 is 9.76. The molecule has 0 aliphatic heterocycles. The number of rotatable bonds is 6. The number of hydrogen-bond donors (Lipinski definition) is 1. The van der Waals surface area contributed by atoms with Gasteiger partial charge in [0, 0.05) is 11.9 Å². The van der Waals surface area contributed by atoms with Crippen LogP contribution in [0.5, 0.6) is 0 Å². The highest BCUT2D eigenvalue weighted by atomic mass is 16.6. The molecular formula is C18H19NO4. The molecule has 0 aromatic heterocycles. The Morgan fingerprint density at radius 2 is 1.57 bits per heavy atom. The molecule has 0 aliphatic rings. The van der Waals surface area contributed by atoms with E-state index >= 15 is 0 Å². The van der Waals surface area contributed by atoms with Crippen molar-refractivity contribution in [2.45, 2.75) is 13.8 Å². The summed E-state index contributed by atoms with van der Waals surface area (Å²) in [6.07, 6.45) is 1.32. The molecule has 0 unspecified atom stereocenters. The van der Waals surface area contributed by atoms with E-state index in [1.165, 1.54) is 6.20 Å².